The summed E-state index contributed by atoms with van der Waals surface area (Å²) in [6, 6.07) is 0. The van der Waals surface area contributed by atoms with Crippen LogP contribution in [-0.4, -0.2) is 12.1 Å². The lowest BCUT2D eigenvalue weighted by atomic mass is 10.1. The molecule has 0 bridgehead atoms. The summed E-state index contributed by atoms with van der Waals surface area (Å²) in [5.41, 5.74) is 0.569. The first-order chi connectivity index (χ1) is 3.41. The Hall–Kier alpha value is -0.0400. The molecular weight excluding hydrogens is 86.1 g/mol. The van der Waals surface area contributed by atoms with E-state index in [2.05, 4.69) is 11.7 Å². The summed E-state index contributed by atoms with van der Waals surface area (Å²) in [5.74, 6) is 0. The van der Waals surface area contributed by atoms with E-state index in [-0.39, 0.29) is 0 Å². The molecule has 0 aromatic heterocycles. The first-order valence-electron chi connectivity index (χ1n) is 3.01. The molecule has 0 aromatic carbocycles. The van der Waals surface area contributed by atoms with Gasteiger partial charge in [-0.25, -0.2) is 0 Å². The number of hydrogen-bond acceptors (Lipinski definition) is 1. The van der Waals surface area contributed by atoms with E-state index >= 15 is 0 Å². The van der Waals surface area contributed by atoms with Crippen LogP contribution >= 0.6 is 0 Å². The van der Waals surface area contributed by atoms with Crippen molar-refractivity contribution in [1.29, 1.82) is 0 Å². The number of rotatable bonds is 0. The first kappa shape index (κ1) is 3.90. The van der Waals surface area contributed by atoms with Crippen LogP contribution in [0.25, 0.3) is 0 Å². The molecule has 1 nitrogen and oxygen atoms in total. The van der Waals surface area contributed by atoms with Crippen LogP contribution in [0, 0.1) is 6.42 Å². The highest BCUT2D eigenvalue weighted by Crippen LogP contribution is 2.35. The lowest BCUT2D eigenvalue weighted by Crippen LogP contribution is -2.07. The van der Waals surface area contributed by atoms with Gasteiger partial charge < -0.3 is 5.32 Å². The molecule has 1 saturated carbocycles. The predicted octanol–water partition coefficient (Wildman–Crippen LogP) is 0.717. The van der Waals surface area contributed by atoms with Gasteiger partial charge >= 0.3 is 0 Å². The lowest BCUT2D eigenvalue weighted by molar-refractivity contribution is 0.732. The van der Waals surface area contributed by atoms with Gasteiger partial charge in [-0.1, -0.05) is 6.42 Å². The molecule has 1 atom stereocenters. The van der Waals surface area contributed by atoms with Crippen molar-refractivity contribution in [2.75, 3.05) is 6.54 Å². The van der Waals surface area contributed by atoms with Gasteiger partial charge in [0.15, 0.2) is 0 Å². The van der Waals surface area contributed by atoms with E-state index in [4.69, 9.17) is 0 Å². The van der Waals surface area contributed by atoms with Crippen LogP contribution in [-0.2, 0) is 0 Å². The van der Waals surface area contributed by atoms with Gasteiger partial charge in [0.05, 0.1) is 0 Å². The van der Waals surface area contributed by atoms with E-state index in [1.54, 1.807) is 0 Å². The molecule has 39 valence electrons. The summed E-state index contributed by atoms with van der Waals surface area (Å²) in [6.07, 6.45) is 6.57. The molecule has 2 rings (SSSR count). The molecule has 1 unspecified atom stereocenters. The van der Waals surface area contributed by atoms with E-state index in [1.165, 1.54) is 25.8 Å². The normalized spacial score (nSPS) is 34.3. The highest BCUT2D eigenvalue weighted by atomic mass is 15.2. The molecule has 1 N–H and O–H groups in total. The molecule has 1 spiro atoms. The molecular formula is C6H10N. The van der Waals surface area contributed by atoms with Crippen molar-refractivity contribution >= 4 is 0 Å². The Morgan fingerprint density at radius 2 is 2.43 bits per heavy atom. The smallest absolute Gasteiger partial charge is 0.0338 e. The summed E-state index contributed by atoms with van der Waals surface area (Å²) in [4.78, 5) is 0. The van der Waals surface area contributed by atoms with Crippen molar-refractivity contribution in [2.24, 2.45) is 0 Å². The quantitative estimate of drug-likeness (QED) is 0.441. The van der Waals surface area contributed by atoms with Crippen molar-refractivity contribution < 1.29 is 0 Å². The zero-order chi connectivity index (χ0) is 4.74. The van der Waals surface area contributed by atoms with Crippen LogP contribution < -0.4 is 5.32 Å². The number of hydrogen-bond donors (Lipinski definition) is 1. The lowest BCUT2D eigenvalue weighted by Gasteiger charge is -1.95. The maximum Gasteiger partial charge on any atom is 0.0338 e. The molecule has 1 aliphatic heterocycles. The molecule has 1 radical (unpaired) electrons. The monoisotopic (exact) mass is 96.1 g/mol. The minimum absolute atomic E-state index is 0.569. The fraction of sp³-hybridized carbons (Fsp3) is 0.833. The molecule has 0 amide bonds. The Kier molecular flexibility index (Phi) is 0.571. The van der Waals surface area contributed by atoms with Crippen molar-refractivity contribution in [3.05, 3.63) is 6.42 Å². The highest BCUT2D eigenvalue weighted by molar-refractivity contribution is 5.16. The van der Waals surface area contributed by atoms with Crippen LogP contribution in [0.1, 0.15) is 19.3 Å². The Labute approximate surface area is 44.1 Å². The average molecular weight is 96.2 g/mol. The standard InChI is InChI=1S/C6H10N/c1-2-4-6(3-1)5-7-6/h3,7H,1-2,4-5H2. The Morgan fingerprint density at radius 3 is 2.71 bits per heavy atom. The second kappa shape index (κ2) is 1.03. The topological polar surface area (TPSA) is 21.9 Å². The molecule has 0 aromatic rings. The molecule has 7 heavy (non-hydrogen) atoms. The fourth-order valence-electron chi connectivity index (χ4n) is 1.33. The maximum atomic E-state index is 3.35. The van der Waals surface area contributed by atoms with Gasteiger partial charge in [-0.05, 0) is 19.3 Å². The molecule has 2 fully saturated rings. The van der Waals surface area contributed by atoms with Gasteiger partial charge in [0, 0.05) is 12.1 Å². The third kappa shape index (κ3) is 0.480. The van der Waals surface area contributed by atoms with E-state index in [0.29, 0.717) is 5.54 Å². The maximum absolute atomic E-state index is 3.35. The highest BCUT2D eigenvalue weighted by Gasteiger charge is 2.43. The third-order valence-electron chi connectivity index (χ3n) is 1.99. The molecule has 1 heteroatoms. The minimum atomic E-state index is 0.569. The summed E-state index contributed by atoms with van der Waals surface area (Å²) in [7, 11) is 0. The Balaban J connectivity index is 2.07. The molecule has 1 aliphatic carbocycles. The van der Waals surface area contributed by atoms with E-state index in [1.807, 2.05) is 0 Å². The SMILES string of the molecule is [CH]1CCCC12CN2. The summed E-state index contributed by atoms with van der Waals surface area (Å²) >= 11 is 0. The predicted molar refractivity (Wildman–Crippen MR) is 28.9 cm³/mol. The van der Waals surface area contributed by atoms with Crippen molar-refractivity contribution in [3.8, 4) is 0 Å². The summed E-state index contributed by atoms with van der Waals surface area (Å²) in [5, 5.41) is 3.35. The molecule has 2 aliphatic rings. The zero-order valence-corrected chi connectivity index (χ0v) is 4.41. The van der Waals surface area contributed by atoms with Gasteiger partial charge in [-0.2, -0.15) is 0 Å². The second-order valence-electron chi connectivity index (χ2n) is 2.61. The van der Waals surface area contributed by atoms with Crippen LogP contribution in [0.2, 0.25) is 0 Å². The zero-order valence-electron chi connectivity index (χ0n) is 4.41. The van der Waals surface area contributed by atoms with Crippen LogP contribution in [0.5, 0.6) is 0 Å². The molecule has 1 saturated heterocycles. The Bertz CT molecular complexity index is 76.2. The van der Waals surface area contributed by atoms with Gasteiger partial charge in [0.1, 0.15) is 0 Å². The van der Waals surface area contributed by atoms with Gasteiger partial charge in [0.25, 0.3) is 0 Å². The van der Waals surface area contributed by atoms with Crippen LogP contribution in [0.3, 0.4) is 0 Å². The number of nitrogens with one attached hydrogen (secondary N) is 1. The van der Waals surface area contributed by atoms with Crippen molar-refractivity contribution in [2.45, 2.75) is 24.8 Å². The van der Waals surface area contributed by atoms with Crippen molar-refractivity contribution in [1.82, 2.24) is 5.32 Å². The first-order valence-corrected chi connectivity index (χ1v) is 3.01. The summed E-state index contributed by atoms with van der Waals surface area (Å²) in [6.45, 7) is 1.26. The van der Waals surface area contributed by atoms with Crippen LogP contribution in [0.4, 0.5) is 0 Å². The summed E-state index contributed by atoms with van der Waals surface area (Å²) < 4.78 is 0. The minimum Gasteiger partial charge on any atom is -0.308 e. The van der Waals surface area contributed by atoms with Gasteiger partial charge in [-0.3, -0.25) is 0 Å². The van der Waals surface area contributed by atoms with Crippen LogP contribution in [0.15, 0.2) is 0 Å². The second-order valence-corrected chi connectivity index (χ2v) is 2.61. The average Bonchev–Trinajstić information content (AvgIpc) is 2.15. The van der Waals surface area contributed by atoms with E-state index < -0.39 is 0 Å². The third-order valence-corrected chi connectivity index (χ3v) is 1.99. The molecule has 1 heterocycles. The van der Waals surface area contributed by atoms with Gasteiger partial charge in [-0.15, -0.1) is 0 Å². The van der Waals surface area contributed by atoms with Crippen molar-refractivity contribution in [3.63, 3.8) is 0 Å². The Morgan fingerprint density at radius 1 is 1.57 bits per heavy atom. The van der Waals surface area contributed by atoms with E-state index in [9.17, 15) is 0 Å². The largest absolute Gasteiger partial charge is 0.308 e. The van der Waals surface area contributed by atoms with Gasteiger partial charge in [0.2, 0.25) is 0 Å². The van der Waals surface area contributed by atoms with E-state index in [0.717, 1.165) is 0 Å². The fourth-order valence-corrected chi connectivity index (χ4v) is 1.33.